The monoisotopic (exact) mass is 399 g/mol. The van der Waals surface area contributed by atoms with Gasteiger partial charge in [-0.15, -0.1) is 0 Å². The number of rotatable bonds is 5. The predicted octanol–water partition coefficient (Wildman–Crippen LogP) is 6.10. The Morgan fingerprint density at radius 2 is 1.77 bits per heavy atom. The van der Waals surface area contributed by atoms with E-state index in [4.69, 9.17) is 12.2 Å². The lowest BCUT2D eigenvalue weighted by molar-refractivity contribution is 0.324. The van der Waals surface area contributed by atoms with Gasteiger partial charge in [0.15, 0.2) is 0 Å². The molecule has 1 N–H and O–H groups in total. The van der Waals surface area contributed by atoms with E-state index in [9.17, 15) is 5.11 Å². The Bertz CT molecular complexity index is 939. The van der Waals surface area contributed by atoms with Crippen LogP contribution in [0, 0.1) is 3.82 Å². The van der Waals surface area contributed by atoms with Crippen LogP contribution in [0.25, 0.3) is 10.4 Å². The zero-order valence-corrected chi connectivity index (χ0v) is 16.9. The average molecular weight is 400 g/mol. The van der Waals surface area contributed by atoms with Gasteiger partial charge in [-0.05, 0) is 55.3 Å². The molecule has 0 amide bonds. The topological polar surface area (TPSA) is 23.5 Å². The van der Waals surface area contributed by atoms with E-state index in [1.165, 1.54) is 34.4 Å². The maximum Gasteiger partial charge on any atom is 0.120 e. The van der Waals surface area contributed by atoms with Crippen molar-refractivity contribution in [3.63, 3.8) is 0 Å². The Kier molecular flexibility index (Phi) is 5.50. The van der Waals surface area contributed by atoms with Gasteiger partial charge in [-0.1, -0.05) is 63.2 Å². The van der Waals surface area contributed by atoms with Gasteiger partial charge in [0, 0.05) is 24.1 Å². The molecule has 134 valence electrons. The third kappa shape index (κ3) is 3.91. The molecule has 0 unspecified atom stereocenters. The molecule has 1 aliphatic heterocycles. The Morgan fingerprint density at radius 3 is 2.54 bits per heavy atom. The van der Waals surface area contributed by atoms with Crippen LogP contribution in [0.4, 0.5) is 0 Å². The van der Waals surface area contributed by atoms with E-state index < -0.39 is 0 Å². The zero-order valence-electron chi connectivity index (χ0n) is 14.5. The molecule has 0 bridgehead atoms. The lowest BCUT2D eigenvalue weighted by atomic mass is 10.0. The van der Waals surface area contributed by atoms with Crippen molar-refractivity contribution >= 4 is 32.9 Å². The van der Waals surface area contributed by atoms with Crippen LogP contribution in [0.1, 0.15) is 29.5 Å². The second-order valence-corrected chi connectivity index (χ2v) is 9.57. The SMILES string of the molecule is Oc1ccc(-c2ssc(=S)c2Cc2ccccc2)cc1CN1CCCC1. The smallest absolute Gasteiger partial charge is 0.120 e. The van der Waals surface area contributed by atoms with Crippen molar-refractivity contribution in [1.29, 1.82) is 0 Å². The number of likely N-dealkylation sites (tertiary alicyclic amines) is 1. The van der Waals surface area contributed by atoms with Gasteiger partial charge >= 0.3 is 0 Å². The van der Waals surface area contributed by atoms with Gasteiger partial charge in [-0.2, -0.15) is 0 Å². The first-order chi connectivity index (χ1) is 12.7. The molecule has 2 nitrogen and oxygen atoms in total. The van der Waals surface area contributed by atoms with E-state index in [1.807, 2.05) is 18.2 Å². The maximum atomic E-state index is 10.3. The lowest BCUT2D eigenvalue weighted by Crippen LogP contribution is -2.18. The van der Waals surface area contributed by atoms with Crippen molar-refractivity contribution < 1.29 is 5.11 Å². The number of nitrogens with zero attached hydrogens (tertiary/aromatic N) is 1. The van der Waals surface area contributed by atoms with E-state index in [0.29, 0.717) is 5.75 Å². The first-order valence-electron chi connectivity index (χ1n) is 8.91. The normalized spacial score (nSPS) is 14.8. The number of aromatic hydroxyl groups is 1. The van der Waals surface area contributed by atoms with Gasteiger partial charge in [-0.25, -0.2) is 0 Å². The third-order valence-electron chi connectivity index (χ3n) is 4.88. The van der Waals surface area contributed by atoms with Crippen molar-refractivity contribution in [2.45, 2.75) is 25.8 Å². The molecule has 3 aromatic rings. The molecule has 5 heteroatoms. The van der Waals surface area contributed by atoms with Crippen molar-refractivity contribution in [2.75, 3.05) is 13.1 Å². The number of phenolic OH excluding ortho intramolecular Hbond substituents is 1. The average Bonchev–Trinajstić information content (AvgIpc) is 3.29. The molecule has 4 rings (SSSR count). The van der Waals surface area contributed by atoms with Crippen LogP contribution >= 0.6 is 32.9 Å². The lowest BCUT2D eigenvalue weighted by Gasteiger charge is -2.16. The van der Waals surface area contributed by atoms with Gasteiger partial charge in [0.05, 0.1) is 4.88 Å². The van der Waals surface area contributed by atoms with Crippen molar-refractivity contribution in [1.82, 2.24) is 4.90 Å². The summed E-state index contributed by atoms with van der Waals surface area (Å²) in [6.45, 7) is 3.07. The molecule has 2 heterocycles. The summed E-state index contributed by atoms with van der Waals surface area (Å²) in [7, 11) is 3.42. The minimum Gasteiger partial charge on any atom is -0.508 e. The van der Waals surface area contributed by atoms with Crippen LogP contribution in [0.15, 0.2) is 48.5 Å². The summed E-state index contributed by atoms with van der Waals surface area (Å²) in [4.78, 5) is 3.66. The summed E-state index contributed by atoms with van der Waals surface area (Å²) in [5.41, 5.74) is 4.69. The Morgan fingerprint density at radius 1 is 1.00 bits per heavy atom. The van der Waals surface area contributed by atoms with Gasteiger partial charge in [0.2, 0.25) is 0 Å². The highest BCUT2D eigenvalue weighted by molar-refractivity contribution is 7.80. The van der Waals surface area contributed by atoms with E-state index in [0.717, 1.165) is 35.4 Å². The summed E-state index contributed by atoms with van der Waals surface area (Å²) in [6, 6.07) is 16.5. The zero-order chi connectivity index (χ0) is 17.9. The Balaban J connectivity index is 1.66. The minimum absolute atomic E-state index is 0.393. The van der Waals surface area contributed by atoms with E-state index in [2.05, 4.69) is 35.2 Å². The van der Waals surface area contributed by atoms with Crippen LogP contribution in [-0.4, -0.2) is 23.1 Å². The van der Waals surface area contributed by atoms with Gasteiger partial charge < -0.3 is 5.11 Å². The quantitative estimate of drug-likeness (QED) is 0.414. The van der Waals surface area contributed by atoms with E-state index >= 15 is 0 Å². The maximum absolute atomic E-state index is 10.3. The Hall–Kier alpha value is -1.53. The van der Waals surface area contributed by atoms with E-state index in [-0.39, 0.29) is 0 Å². The van der Waals surface area contributed by atoms with Gasteiger partial charge in [0.1, 0.15) is 9.57 Å². The number of benzene rings is 2. The molecule has 0 saturated carbocycles. The van der Waals surface area contributed by atoms with Crippen LogP contribution < -0.4 is 0 Å². The van der Waals surface area contributed by atoms with Crippen molar-refractivity contribution in [3.8, 4) is 16.2 Å². The molecular formula is C21H21NOS3. The highest BCUT2D eigenvalue weighted by Crippen LogP contribution is 2.38. The van der Waals surface area contributed by atoms with Gasteiger partial charge in [-0.3, -0.25) is 4.90 Å². The third-order valence-corrected chi connectivity index (χ3v) is 8.07. The van der Waals surface area contributed by atoms with E-state index in [1.54, 1.807) is 20.7 Å². The molecule has 1 saturated heterocycles. The Labute approximate surface area is 166 Å². The van der Waals surface area contributed by atoms with Gasteiger partial charge in [0.25, 0.3) is 0 Å². The molecule has 26 heavy (non-hydrogen) atoms. The molecule has 0 atom stereocenters. The fourth-order valence-electron chi connectivity index (χ4n) is 3.48. The van der Waals surface area contributed by atoms with Crippen LogP contribution in [0.5, 0.6) is 5.75 Å². The summed E-state index contributed by atoms with van der Waals surface area (Å²) < 4.78 is 0.975. The molecule has 0 radical (unpaired) electrons. The molecule has 1 aromatic heterocycles. The molecule has 1 fully saturated rings. The second kappa shape index (κ2) is 8.01. The fourth-order valence-corrected chi connectivity index (χ4v) is 6.39. The molecule has 2 aromatic carbocycles. The molecule has 0 spiro atoms. The largest absolute Gasteiger partial charge is 0.508 e. The summed E-state index contributed by atoms with van der Waals surface area (Å²) in [5, 5.41) is 10.3. The predicted molar refractivity (Wildman–Crippen MR) is 114 cm³/mol. The van der Waals surface area contributed by atoms with Crippen molar-refractivity contribution in [2.24, 2.45) is 0 Å². The molecular weight excluding hydrogens is 378 g/mol. The van der Waals surface area contributed by atoms with Crippen LogP contribution in [-0.2, 0) is 13.0 Å². The molecule has 0 aliphatic carbocycles. The standard InChI is InChI=1S/C21H21NOS3/c23-19-9-8-16(13-17(19)14-22-10-4-5-11-22)20-18(21(24)26-25-20)12-15-6-2-1-3-7-15/h1-3,6-9,13,23H,4-5,10-12,14H2. The summed E-state index contributed by atoms with van der Waals surface area (Å²) >= 11 is 5.62. The first-order valence-corrected chi connectivity index (χ1v) is 11.5. The van der Waals surface area contributed by atoms with Crippen LogP contribution in [0.3, 0.4) is 0 Å². The number of phenols is 1. The van der Waals surface area contributed by atoms with Crippen molar-refractivity contribution in [3.05, 3.63) is 69.0 Å². The first kappa shape index (κ1) is 17.9. The highest BCUT2D eigenvalue weighted by atomic mass is 32.9. The van der Waals surface area contributed by atoms with Crippen LogP contribution in [0.2, 0.25) is 0 Å². The number of hydrogen-bond donors (Lipinski definition) is 1. The molecule has 1 aliphatic rings. The summed E-state index contributed by atoms with van der Waals surface area (Å²) in [5.74, 6) is 0.393. The number of hydrogen-bond acceptors (Lipinski definition) is 5. The second-order valence-electron chi connectivity index (χ2n) is 6.75. The summed E-state index contributed by atoms with van der Waals surface area (Å²) in [6.07, 6.45) is 3.37. The minimum atomic E-state index is 0.393. The fraction of sp³-hybridized carbons (Fsp3) is 0.286. The highest BCUT2D eigenvalue weighted by Gasteiger charge is 2.16.